The molecule has 65 heavy (non-hydrogen) atoms. The Hall–Kier alpha value is -7.46. The SMILES string of the molecule is Cc1nc(N)nc(N2CCCC(NC(=O)Cc3cccc(-[n+]4cc(C#Cc5c(C)nc(N)nc5N5CCCC(NC(=O)C6CCCCC6)C5)ccc4N)c3)C2)c1C#Cc1ccc(N)nc1. The van der Waals surface area contributed by atoms with Crippen molar-refractivity contribution in [1.82, 2.24) is 35.6 Å². The summed E-state index contributed by atoms with van der Waals surface area (Å²) >= 11 is 0. The molecule has 4 aromatic heterocycles. The van der Waals surface area contributed by atoms with Gasteiger partial charge in [-0.25, -0.2) is 15.0 Å². The number of amides is 2. The number of nitrogens with zero attached hydrogens (tertiary/aromatic N) is 8. The van der Waals surface area contributed by atoms with E-state index in [2.05, 4.69) is 69.0 Å². The van der Waals surface area contributed by atoms with E-state index in [1.807, 2.05) is 67.1 Å². The molecule has 3 fully saturated rings. The molecule has 0 radical (unpaired) electrons. The first-order valence-electron chi connectivity index (χ1n) is 22.5. The Bertz CT molecular complexity index is 2690. The molecule has 2 unspecified atom stereocenters. The lowest BCUT2D eigenvalue weighted by molar-refractivity contribution is -0.580. The molecule has 0 bridgehead atoms. The molecule has 1 aliphatic carbocycles. The molecule has 2 aliphatic heterocycles. The fourth-order valence-electron chi connectivity index (χ4n) is 9.01. The highest BCUT2D eigenvalue weighted by atomic mass is 16.2. The van der Waals surface area contributed by atoms with Gasteiger partial charge in [0, 0.05) is 62.0 Å². The number of carbonyl (C=O) groups excluding carboxylic acids is 2. The number of anilines is 6. The molecule has 2 saturated heterocycles. The molecule has 1 saturated carbocycles. The van der Waals surface area contributed by atoms with Gasteiger partial charge >= 0.3 is 0 Å². The molecule has 10 N–H and O–H groups in total. The standard InChI is InChI=1S/C49H56N14O2/c1-31-40(19-15-33-17-21-42(50)54-27-33)45(59-48(52)55-31)61-23-7-12-37(29-61)57-44(64)26-35-9-6-14-39(25-35)63-28-34(18-22-43(63)51)16-20-41-32(2)56-49(53)60-46(41)62-24-8-13-38(30-62)58-47(65)36-10-4-3-5-11-36/h6,9,14,17-18,21-22,25,27-28,36-38,51H,3-5,7-8,10-13,23-24,26,29-30H2,1-2H3,(H8,50,52,53,54,55,56,57,58,59,60,64,65)/p+1. The minimum absolute atomic E-state index is 0.0193. The number of hydrogen-bond donors (Lipinski definition) is 6. The number of carbonyl (C=O) groups is 2. The Morgan fingerprint density at radius 2 is 1.32 bits per heavy atom. The smallest absolute Gasteiger partial charge is 0.277 e. The summed E-state index contributed by atoms with van der Waals surface area (Å²) in [6.45, 7) is 6.42. The van der Waals surface area contributed by atoms with E-state index in [9.17, 15) is 9.59 Å². The van der Waals surface area contributed by atoms with Crippen LogP contribution in [0.2, 0.25) is 0 Å². The summed E-state index contributed by atoms with van der Waals surface area (Å²) in [7, 11) is 0. The summed E-state index contributed by atoms with van der Waals surface area (Å²) in [4.78, 5) is 53.2. The lowest BCUT2D eigenvalue weighted by Gasteiger charge is -2.35. The van der Waals surface area contributed by atoms with E-state index in [1.54, 1.807) is 12.3 Å². The highest BCUT2D eigenvalue weighted by molar-refractivity contribution is 5.80. The van der Waals surface area contributed by atoms with Gasteiger partial charge in [-0.2, -0.15) is 14.5 Å². The van der Waals surface area contributed by atoms with Gasteiger partial charge in [0.25, 0.3) is 5.82 Å². The van der Waals surface area contributed by atoms with Gasteiger partial charge in [-0.1, -0.05) is 55.1 Å². The van der Waals surface area contributed by atoms with Gasteiger partial charge in [-0.15, -0.1) is 0 Å². The van der Waals surface area contributed by atoms with Gasteiger partial charge in [0.2, 0.25) is 23.7 Å². The van der Waals surface area contributed by atoms with Crippen LogP contribution in [0.25, 0.3) is 5.69 Å². The van der Waals surface area contributed by atoms with Crippen LogP contribution >= 0.6 is 0 Å². The van der Waals surface area contributed by atoms with Gasteiger partial charge in [0.15, 0.2) is 0 Å². The van der Waals surface area contributed by atoms with Gasteiger partial charge in [0.1, 0.15) is 29.3 Å². The second-order valence-corrected chi connectivity index (χ2v) is 17.2. The van der Waals surface area contributed by atoms with Crippen LogP contribution in [0.15, 0.2) is 60.9 Å². The molecule has 3 aliphatic rings. The van der Waals surface area contributed by atoms with Crippen molar-refractivity contribution in [2.24, 2.45) is 5.92 Å². The first-order chi connectivity index (χ1) is 31.4. The zero-order valence-electron chi connectivity index (χ0n) is 37.1. The van der Waals surface area contributed by atoms with Gasteiger partial charge < -0.3 is 37.6 Å². The lowest BCUT2D eigenvalue weighted by Crippen LogP contribution is -2.50. The number of aromatic nitrogens is 6. The van der Waals surface area contributed by atoms with Crippen LogP contribution in [-0.4, -0.2) is 75.0 Å². The van der Waals surface area contributed by atoms with Crippen molar-refractivity contribution in [2.75, 3.05) is 58.9 Å². The fraction of sp³-hybridized carbons (Fsp3) is 0.388. The Labute approximate surface area is 380 Å². The number of nitrogen functional groups attached to an aromatic ring is 4. The second kappa shape index (κ2) is 19.9. The fourth-order valence-corrected chi connectivity index (χ4v) is 9.01. The van der Waals surface area contributed by atoms with Crippen LogP contribution in [0.4, 0.5) is 35.2 Å². The largest absolute Gasteiger partial charge is 0.384 e. The quantitative estimate of drug-likeness (QED) is 0.0966. The number of piperidine rings is 2. The van der Waals surface area contributed by atoms with Crippen LogP contribution in [0, 0.1) is 43.4 Å². The van der Waals surface area contributed by atoms with E-state index in [0.29, 0.717) is 64.4 Å². The minimum atomic E-state index is -0.114. The maximum Gasteiger partial charge on any atom is 0.277 e. The van der Waals surface area contributed by atoms with E-state index in [4.69, 9.17) is 22.9 Å². The number of pyridine rings is 2. The third-order valence-corrected chi connectivity index (χ3v) is 12.3. The van der Waals surface area contributed by atoms with Crippen molar-refractivity contribution in [1.29, 1.82) is 0 Å². The molecule has 2 atom stereocenters. The van der Waals surface area contributed by atoms with Crippen LogP contribution < -0.4 is 47.9 Å². The summed E-state index contributed by atoms with van der Waals surface area (Å²) in [5.74, 6) is 15.8. The Morgan fingerprint density at radius 3 is 1.95 bits per heavy atom. The third-order valence-electron chi connectivity index (χ3n) is 12.3. The number of rotatable bonds is 8. The summed E-state index contributed by atoms with van der Waals surface area (Å²) in [5.41, 5.74) is 30.4. The molecule has 8 rings (SSSR count). The molecule has 6 heterocycles. The second-order valence-electron chi connectivity index (χ2n) is 17.2. The number of nitrogens with two attached hydrogens (primary N) is 4. The zero-order valence-corrected chi connectivity index (χ0v) is 37.1. The number of hydrogen-bond acceptors (Lipinski definition) is 13. The van der Waals surface area contributed by atoms with Gasteiger partial charge in [-0.3, -0.25) is 15.3 Å². The zero-order chi connectivity index (χ0) is 45.5. The maximum absolute atomic E-state index is 13.6. The molecule has 16 nitrogen and oxygen atoms in total. The predicted octanol–water partition coefficient (Wildman–Crippen LogP) is 3.68. The number of benzene rings is 1. The maximum atomic E-state index is 13.6. The van der Waals surface area contributed by atoms with E-state index < -0.39 is 0 Å². The molecular formula is C49H57N14O2+. The number of nitrogens with one attached hydrogen (secondary N) is 2. The summed E-state index contributed by atoms with van der Waals surface area (Å²) in [6.07, 6.45) is 12.5. The van der Waals surface area contributed by atoms with Crippen LogP contribution in [0.5, 0.6) is 0 Å². The Kier molecular flexibility index (Phi) is 13.5. The first-order valence-corrected chi connectivity index (χ1v) is 22.5. The van der Waals surface area contributed by atoms with Gasteiger partial charge in [-0.05, 0) is 88.3 Å². The van der Waals surface area contributed by atoms with E-state index in [-0.39, 0.29) is 48.1 Å². The van der Waals surface area contributed by atoms with Crippen LogP contribution in [0.3, 0.4) is 0 Å². The normalized spacial score (nSPS) is 17.6. The van der Waals surface area contributed by atoms with Crippen molar-refractivity contribution in [3.63, 3.8) is 0 Å². The lowest BCUT2D eigenvalue weighted by atomic mass is 9.88. The molecular weight excluding hydrogens is 817 g/mol. The average molecular weight is 874 g/mol. The van der Waals surface area contributed by atoms with Crippen LogP contribution in [-0.2, 0) is 16.0 Å². The summed E-state index contributed by atoms with van der Waals surface area (Å²) < 4.78 is 1.86. The minimum Gasteiger partial charge on any atom is -0.384 e. The first kappa shape index (κ1) is 44.2. The van der Waals surface area contributed by atoms with E-state index in [1.165, 1.54) is 6.42 Å². The highest BCUT2D eigenvalue weighted by Crippen LogP contribution is 2.28. The van der Waals surface area contributed by atoms with Crippen LogP contribution in [0.1, 0.15) is 97.0 Å². The van der Waals surface area contributed by atoms with E-state index in [0.717, 1.165) is 81.3 Å². The molecule has 334 valence electrons. The van der Waals surface area contributed by atoms with Gasteiger partial charge in [0.05, 0.1) is 34.5 Å². The van der Waals surface area contributed by atoms with E-state index >= 15 is 0 Å². The molecule has 1 aromatic carbocycles. The molecule has 0 spiro atoms. The molecule has 2 amide bonds. The Balaban J connectivity index is 0.940. The Morgan fingerprint density at radius 1 is 0.708 bits per heavy atom. The molecule has 16 heteroatoms. The van der Waals surface area contributed by atoms with Crippen molar-refractivity contribution < 1.29 is 14.2 Å². The van der Waals surface area contributed by atoms with Crippen molar-refractivity contribution in [2.45, 2.75) is 90.1 Å². The summed E-state index contributed by atoms with van der Waals surface area (Å²) in [6, 6.07) is 14.9. The van der Waals surface area contributed by atoms with Crippen molar-refractivity contribution in [3.05, 3.63) is 100 Å². The highest BCUT2D eigenvalue weighted by Gasteiger charge is 2.29. The third kappa shape index (κ3) is 11.0. The monoisotopic (exact) mass is 873 g/mol. The number of aryl methyl sites for hydroxylation is 2. The summed E-state index contributed by atoms with van der Waals surface area (Å²) in [5, 5.41) is 6.58. The average Bonchev–Trinajstić information content (AvgIpc) is 3.29. The topological polar surface area (TPSA) is 237 Å². The van der Waals surface area contributed by atoms with Crippen molar-refractivity contribution in [3.8, 4) is 29.4 Å². The predicted molar refractivity (Wildman–Crippen MR) is 252 cm³/mol. The molecule has 5 aromatic rings. The van der Waals surface area contributed by atoms with Crippen molar-refractivity contribution >= 4 is 47.0 Å².